The van der Waals surface area contributed by atoms with Crippen molar-refractivity contribution in [1.29, 1.82) is 0 Å². The topological polar surface area (TPSA) is 21.3 Å². The molecule has 0 unspecified atom stereocenters. The molecule has 0 aliphatic rings. The molecular weight excluding hydrogens is 333 g/mol. The van der Waals surface area contributed by atoms with Crippen molar-refractivity contribution in [3.63, 3.8) is 0 Å². The minimum absolute atomic E-state index is 0.0671. The van der Waals surface area contributed by atoms with Crippen LogP contribution in [0.4, 0.5) is 10.1 Å². The largest absolute Gasteiger partial charge is 0.492 e. The Balaban J connectivity index is 1.79. The van der Waals surface area contributed by atoms with Gasteiger partial charge in [0.2, 0.25) is 0 Å². The summed E-state index contributed by atoms with van der Waals surface area (Å²) in [6.45, 7) is 1.11. The maximum absolute atomic E-state index is 12.9. The number of rotatable bonds is 5. The second kappa shape index (κ2) is 6.78. The molecule has 0 saturated heterocycles. The van der Waals surface area contributed by atoms with Crippen LogP contribution in [0.15, 0.2) is 46.9 Å². The molecule has 19 heavy (non-hydrogen) atoms. The van der Waals surface area contributed by atoms with Gasteiger partial charge in [0.25, 0.3) is 0 Å². The molecule has 1 N–H and O–H groups in total. The van der Waals surface area contributed by atoms with Gasteiger partial charge in [-0.15, -0.1) is 0 Å². The lowest BCUT2D eigenvalue weighted by atomic mass is 10.3. The molecule has 0 aromatic heterocycles. The van der Waals surface area contributed by atoms with E-state index in [1.165, 1.54) is 12.1 Å². The van der Waals surface area contributed by atoms with Gasteiger partial charge in [-0.2, -0.15) is 0 Å². The predicted octanol–water partition coefficient (Wildman–Crippen LogP) is 4.73. The lowest BCUT2D eigenvalue weighted by molar-refractivity contribution is 0.332. The molecule has 0 aliphatic carbocycles. The van der Waals surface area contributed by atoms with Crippen LogP contribution in [0.5, 0.6) is 5.75 Å². The van der Waals surface area contributed by atoms with E-state index in [2.05, 4.69) is 21.2 Å². The zero-order chi connectivity index (χ0) is 13.7. The van der Waals surface area contributed by atoms with Crippen LogP contribution in [0.3, 0.4) is 0 Å². The van der Waals surface area contributed by atoms with Gasteiger partial charge in [-0.05, 0) is 30.3 Å². The fourth-order valence-corrected chi connectivity index (χ4v) is 2.10. The zero-order valence-electron chi connectivity index (χ0n) is 10.00. The van der Waals surface area contributed by atoms with Gasteiger partial charge < -0.3 is 10.1 Å². The van der Waals surface area contributed by atoms with Gasteiger partial charge in [-0.3, -0.25) is 0 Å². The molecule has 0 spiro atoms. The highest BCUT2D eigenvalue weighted by molar-refractivity contribution is 9.10. The molecule has 100 valence electrons. The molecule has 2 aromatic rings. The van der Waals surface area contributed by atoms with Crippen LogP contribution in [-0.2, 0) is 0 Å². The highest BCUT2D eigenvalue weighted by Crippen LogP contribution is 2.21. The van der Waals surface area contributed by atoms with Crippen LogP contribution < -0.4 is 10.1 Å². The van der Waals surface area contributed by atoms with Crippen molar-refractivity contribution >= 4 is 33.2 Å². The monoisotopic (exact) mass is 343 g/mol. The Morgan fingerprint density at radius 3 is 2.79 bits per heavy atom. The van der Waals surface area contributed by atoms with Crippen LogP contribution in [0.2, 0.25) is 5.02 Å². The van der Waals surface area contributed by atoms with Gasteiger partial charge in [0.1, 0.15) is 18.2 Å². The SMILES string of the molecule is Fc1ccc(OCCNc2cccc(Br)c2)cc1Cl. The maximum Gasteiger partial charge on any atom is 0.142 e. The molecule has 5 heteroatoms. The Morgan fingerprint density at radius 2 is 2.05 bits per heavy atom. The standard InChI is InChI=1S/C14H12BrClFNO/c15-10-2-1-3-11(8-10)18-6-7-19-12-4-5-14(17)13(16)9-12/h1-5,8-9,18H,6-7H2. The summed E-state index contributed by atoms with van der Waals surface area (Å²) in [5, 5.41) is 3.29. The normalized spacial score (nSPS) is 10.3. The number of nitrogens with one attached hydrogen (secondary N) is 1. The molecule has 0 heterocycles. The first kappa shape index (κ1) is 14.2. The van der Waals surface area contributed by atoms with Crippen LogP contribution in [0.1, 0.15) is 0 Å². The van der Waals surface area contributed by atoms with Crippen LogP contribution >= 0.6 is 27.5 Å². The molecule has 2 rings (SSSR count). The molecule has 0 amide bonds. The van der Waals surface area contributed by atoms with Gasteiger partial charge in [-0.1, -0.05) is 33.6 Å². The molecule has 0 aliphatic heterocycles. The van der Waals surface area contributed by atoms with E-state index in [4.69, 9.17) is 16.3 Å². The quantitative estimate of drug-likeness (QED) is 0.792. The number of benzene rings is 2. The van der Waals surface area contributed by atoms with E-state index >= 15 is 0 Å². The second-order valence-electron chi connectivity index (χ2n) is 3.86. The van der Waals surface area contributed by atoms with E-state index in [0.29, 0.717) is 18.9 Å². The van der Waals surface area contributed by atoms with Crippen molar-refractivity contribution in [2.45, 2.75) is 0 Å². The van der Waals surface area contributed by atoms with Gasteiger partial charge in [0.15, 0.2) is 0 Å². The lowest BCUT2D eigenvalue weighted by Gasteiger charge is -2.09. The smallest absolute Gasteiger partial charge is 0.142 e. The summed E-state index contributed by atoms with van der Waals surface area (Å²) >= 11 is 9.07. The van der Waals surface area contributed by atoms with Crippen molar-refractivity contribution < 1.29 is 9.13 Å². The summed E-state index contributed by atoms with van der Waals surface area (Å²) in [6, 6.07) is 12.2. The summed E-state index contributed by atoms with van der Waals surface area (Å²) in [7, 11) is 0. The summed E-state index contributed by atoms with van der Waals surface area (Å²) < 4.78 is 19.4. The minimum Gasteiger partial charge on any atom is -0.492 e. The molecule has 0 saturated carbocycles. The third kappa shape index (κ3) is 4.40. The van der Waals surface area contributed by atoms with E-state index in [-0.39, 0.29) is 5.02 Å². The third-order valence-electron chi connectivity index (χ3n) is 2.42. The minimum atomic E-state index is -0.443. The molecule has 0 fully saturated rings. The van der Waals surface area contributed by atoms with Gasteiger partial charge in [0.05, 0.1) is 5.02 Å². The van der Waals surface area contributed by atoms with E-state index in [0.717, 1.165) is 10.2 Å². The van der Waals surface area contributed by atoms with Crippen LogP contribution in [0.25, 0.3) is 0 Å². The second-order valence-corrected chi connectivity index (χ2v) is 5.18. The van der Waals surface area contributed by atoms with Gasteiger partial charge in [-0.25, -0.2) is 4.39 Å². The zero-order valence-corrected chi connectivity index (χ0v) is 12.3. The summed E-state index contributed by atoms with van der Waals surface area (Å²) in [4.78, 5) is 0. The first-order chi connectivity index (χ1) is 9.15. The Morgan fingerprint density at radius 1 is 1.21 bits per heavy atom. The van der Waals surface area contributed by atoms with Gasteiger partial charge >= 0.3 is 0 Å². The van der Waals surface area contributed by atoms with E-state index < -0.39 is 5.82 Å². The molecular formula is C14H12BrClFNO. The first-order valence-corrected chi connectivity index (χ1v) is 6.89. The maximum atomic E-state index is 12.9. The fourth-order valence-electron chi connectivity index (χ4n) is 1.53. The van der Waals surface area contributed by atoms with E-state index in [9.17, 15) is 4.39 Å². The van der Waals surface area contributed by atoms with Crippen molar-refractivity contribution in [3.8, 4) is 5.75 Å². The summed E-state index contributed by atoms with van der Waals surface area (Å²) in [5.74, 6) is 0.115. The van der Waals surface area contributed by atoms with Crippen molar-refractivity contribution in [2.24, 2.45) is 0 Å². The number of anilines is 1. The fraction of sp³-hybridized carbons (Fsp3) is 0.143. The number of hydrogen-bond acceptors (Lipinski definition) is 2. The van der Waals surface area contributed by atoms with Crippen LogP contribution in [-0.4, -0.2) is 13.2 Å². The predicted molar refractivity (Wildman–Crippen MR) is 79.5 cm³/mol. The molecule has 0 radical (unpaired) electrons. The Kier molecular flexibility index (Phi) is 5.05. The number of halogens is 3. The Labute approximate surface area is 124 Å². The molecule has 2 aromatic carbocycles. The molecule has 0 atom stereocenters. The highest BCUT2D eigenvalue weighted by Gasteiger charge is 2.01. The summed E-state index contributed by atoms with van der Waals surface area (Å²) in [6.07, 6.45) is 0. The average Bonchev–Trinajstić information content (AvgIpc) is 2.39. The van der Waals surface area contributed by atoms with Crippen molar-refractivity contribution in [3.05, 3.63) is 57.8 Å². The van der Waals surface area contributed by atoms with Crippen LogP contribution in [0, 0.1) is 5.82 Å². The van der Waals surface area contributed by atoms with E-state index in [1.807, 2.05) is 24.3 Å². The Bertz CT molecular complexity index is 565. The molecule has 0 bridgehead atoms. The average molecular weight is 345 g/mol. The number of ether oxygens (including phenoxy) is 1. The molecule has 2 nitrogen and oxygen atoms in total. The number of hydrogen-bond donors (Lipinski definition) is 1. The Hall–Kier alpha value is -1.26. The lowest BCUT2D eigenvalue weighted by Crippen LogP contribution is -2.11. The summed E-state index contributed by atoms with van der Waals surface area (Å²) in [5.41, 5.74) is 1.01. The van der Waals surface area contributed by atoms with Crippen molar-refractivity contribution in [2.75, 3.05) is 18.5 Å². The third-order valence-corrected chi connectivity index (χ3v) is 3.20. The highest BCUT2D eigenvalue weighted by atomic mass is 79.9. The first-order valence-electron chi connectivity index (χ1n) is 5.72. The van der Waals surface area contributed by atoms with E-state index in [1.54, 1.807) is 6.07 Å². The van der Waals surface area contributed by atoms with Gasteiger partial charge in [0, 0.05) is 22.8 Å². The van der Waals surface area contributed by atoms with Crippen molar-refractivity contribution in [1.82, 2.24) is 0 Å².